The predicted molar refractivity (Wildman–Crippen MR) is 90.9 cm³/mol. The fourth-order valence-corrected chi connectivity index (χ4v) is 3.49. The van der Waals surface area contributed by atoms with Crippen LogP contribution in [0, 0.1) is 6.92 Å². The highest BCUT2D eigenvalue weighted by Gasteiger charge is 2.16. The van der Waals surface area contributed by atoms with Crippen LogP contribution in [0.15, 0.2) is 47.8 Å². The monoisotopic (exact) mass is 329 g/mol. The van der Waals surface area contributed by atoms with Crippen molar-refractivity contribution in [1.29, 1.82) is 0 Å². The van der Waals surface area contributed by atoms with Crippen molar-refractivity contribution in [2.45, 2.75) is 6.92 Å². The first-order valence-corrected chi connectivity index (χ1v) is 7.76. The second-order valence-corrected chi connectivity index (χ2v) is 6.16. The summed E-state index contributed by atoms with van der Waals surface area (Å²) in [5, 5.41) is 5.28. The van der Waals surface area contributed by atoms with Gasteiger partial charge in [-0.25, -0.2) is 5.43 Å². The molecule has 0 radical (unpaired) electrons. The summed E-state index contributed by atoms with van der Waals surface area (Å²) < 4.78 is 0.992. The molecule has 3 aromatic rings. The van der Waals surface area contributed by atoms with E-state index < -0.39 is 0 Å². The Morgan fingerprint density at radius 2 is 2.27 bits per heavy atom. The number of benzene rings is 1. The number of thiophene rings is 1. The number of rotatable bonds is 3. The lowest BCUT2D eigenvalue weighted by molar-refractivity contribution is 0.0959. The van der Waals surface area contributed by atoms with Crippen LogP contribution in [0.5, 0.6) is 0 Å². The molecule has 22 heavy (non-hydrogen) atoms. The molecule has 2 heterocycles. The van der Waals surface area contributed by atoms with Crippen LogP contribution in [0.1, 0.15) is 20.8 Å². The van der Waals surface area contributed by atoms with Gasteiger partial charge in [0, 0.05) is 28.0 Å². The smallest absolute Gasteiger partial charge is 0.266 e. The largest absolute Gasteiger partial charge is 0.283 e. The minimum Gasteiger partial charge on any atom is -0.266 e. The molecule has 0 aliphatic carbocycles. The average molecular weight is 330 g/mol. The Balaban J connectivity index is 1.80. The number of fused-ring (bicyclic) bond motifs is 1. The first-order chi connectivity index (χ1) is 10.6. The van der Waals surface area contributed by atoms with E-state index in [1.165, 1.54) is 17.6 Å². The standard InChI is InChI=1S/C16H12ClN3OS/c1-10-4-5-12-13(7-10)22-15(14(12)17)16(21)20-19-9-11-3-2-6-18-8-11/h2-9H,1H3,(H,20,21)/b19-9+. The van der Waals surface area contributed by atoms with Crippen molar-refractivity contribution in [3.8, 4) is 0 Å². The molecule has 1 amide bonds. The van der Waals surface area contributed by atoms with Gasteiger partial charge in [-0.1, -0.05) is 29.8 Å². The zero-order valence-corrected chi connectivity index (χ0v) is 13.3. The molecule has 1 aromatic carbocycles. The molecule has 0 aliphatic heterocycles. The number of hydrogen-bond donors (Lipinski definition) is 1. The van der Waals surface area contributed by atoms with Crippen LogP contribution in [-0.2, 0) is 0 Å². The summed E-state index contributed by atoms with van der Waals surface area (Å²) in [6.07, 6.45) is 4.87. The Morgan fingerprint density at radius 3 is 3.05 bits per heavy atom. The van der Waals surface area contributed by atoms with E-state index in [2.05, 4.69) is 15.5 Å². The normalized spacial score (nSPS) is 11.2. The van der Waals surface area contributed by atoms with E-state index in [0.717, 1.165) is 21.2 Å². The Morgan fingerprint density at radius 1 is 1.41 bits per heavy atom. The van der Waals surface area contributed by atoms with Crippen LogP contribution in [0.2, 0.25) is 5.02 Å². The van der Waals surface area contributed by atoms with Gasteiger partial charge in [-0.3, -0.25) is 9.78 Å². The summed E-state index contributed by atoms with van der Waals surface area (Å²) in [6.45, 7) is 2.00. The maximum atomic E-state index is 12.2. The molecule has 0 saturated carbocycles. The van der Waals surface area contributed by atoms with Crippen molar-refractivity contribution in [1.82, 2.24) is 10.4 Å². The summed E-state index contributed by atoms with van der Waals surface area (Å²) in [5.74, 6) is -0.316. The van der Waals surface area contributed by atoms with E-state index >= 15 is 0 Å². The lowest BCUT2D eigenvalue weighted by Crippen LogP contribution is -2.16. The van der Waals surface area contributed by atoms with Crippen LogP contribution >= 0.6 is 22.9 Å². The molecule has 2 aromatic heterocycles. The highest BCUT2D eigenvalue weighted by atomic mass is 35.5. The number of carbonyl (C=O) groups excluding carboxylic acids is 1. The molecule has 4 nitrogen and oxygen atoms in total. The number of carbonyl (C=O) groups is 1. The van der Waals surface area contributed by atoms with Crippen molar-refractivity contribution in [3.05, 3.63) is 63.8 Å². The molecule has 0 atom stereocenters. The van der Waals surface area contributed by atoms with Gasteiger partial charge >= 0.3 is 0 Å². The van der Waals surface area contributed by atoms with Crippen molar-refractivity contribution < 1.29 is 4.79 Å². The van der Waals surface area contributed by atoms with Gasteiger partial charge in [-0.15, -0.1) is 11.3 Å². The number of nitrogens with zero attached hydrogens (tertiary/aromatic N) is 2. The Labute approximate surface area is 136 Å². The molecular formula is C16H12ClN3OS. The second-order valence-electron chi connectivity index (χ2n) is 4.73. The first kappa shape index (κ1) is 14.7. The number of amides is 1. The Hall–Kier alpha value is -2.24. The van der Waals surface area contributed by atoms with Crippen molar-refractivity contribution in [2.24, 2.45) is 5.10 Å². The lowest BCUT2D eigenvalue weighted by Gasteiger charge is -1.97. The number of hydrazone groups is 1. The van der Waals surface area contributed by atoms with Gasteiger partial charge < -0.3 is 0 Å². The van der Waals surface area contributed by atoms with Crippen LogP contribution in [0.3, 0.4) is 0 Å². The number of pyridine rings is 1. The molecule has 0 unspecified atom stereocenters. The number of halogens is 1. The number of hydrogen-bond acceptors (Lipinski definition) is 4. The van der Waals surface area contributed by atoms with Crippen molar-refractivity contribution in [2.75, 3.05) is 0 Å². The van der Waals surface area contributed by atoms with Gasteiger partial charge in [-0.05, 0) is 24.6 Å². The topological polar surface area (TPSA) is 54.4 Å². The Kier molecular flexibility index (Phi) is 4.18. The van der Waals surface area contributed by atoms with E-state index in [4.69, 9.17) is 11.6 Å². The number of aromatic nitrogens is 1. The van der Waals surface area contributed by atoms with Gasteiger partial charge in [0.1, 0.15) is 4.88 Å². The molecule has 0 fully saturated rings. The highest BCUT2D eigenvalue weighted by Crippen LogP contribution is 2.35. The van der Waals surface area contributed by atoms with E-state index in [1.54, 1.807) is 18.5 Å². The molecule has 1 N–H and O–H groups in total. The second kappa shape index (κ2) is 6.25. The van der Waals surface area contributed by atoms with Crippen molar-refractivity contribution >= 4 is 45.1 Å². The molecule has 0 aliphatic rings. The van der Waals surface area contributed by atoms with E-state index in [1.807, 2.05) is 31.2 Å². The van der Waals surface area contributed by atoms with E-state index in [0.29, 0.717) is 9.90 Å². The maximum Gasteiger partial charge on any atom is 0.283 e. The summed E-state index contributed by atoms with van der Waals surface area (Å²) >= 11 is 7.65. The zero-order valence-electron chi connectivity index (χ0n) is 11.7. The van der Waals surface area contributed by atoms with Crippen LogP contribution in [-0.4, -0.2) is 17.1 Å². The van der Waals surface area contributed by atoms with Crippen LogP contribution < -0.4 is 5.43 Å². The summed E-state index contributed by atoms with van der Waals surface area (Å²) in [6, 6.07) is 9.57. The Bertz CT molecular complexity index is 858. The third-order valence-electron chi connectivity index (χ3n) is 3.06. The zero-order chi connectivity index (χ0) is 15.5. The first-order valence-electron chi connectivity index (χ1n) is 6.57. The molecule has 0 saturated heterocycles. The third kappa shape index (κ3) is 3.00. The number of aryl methyl sites for hydroxylation is 1. The summed E-state index contributed by atoms with van der Waals surface area (Å²) in [5.41, 5.74) is 4.43. The maximum absolute atomic E-state index is 12.2. The minimum absolute atomic E-state index is 0.316. The number of nitrogens with one attached hydrogen (secondary N) is 1. The predicted octanol–water partition coefficient (Wildman–Crippen LogP) is 4.02. The molecule has 6 heteroatoms. The van der Waals surface area contributed by atoms with Gasteiger partial charge in [0.25, 0.3) is 5.91 Å². The molecule has 0 spiro atoms. The van der Waals surface area contributed by atoms with Crippen LogP contribution in [0.25, 0.3) is 10.1 Å². The van der Waals surface area contributed by atoms with Crippen LogP contribution in [0.4, 0.5) is 0 Å². The lowest BCUT2D eigenvalue weighted by atomic mass is 10.2. The highest BCUT2D eigenvalue weighted by molar-refractivity contribution is 7.21. The quantitative estimate of drug-likeness (QED) is 0.583. The van der Waals surface area contributed by atoms with E-state index in [9.17, 15) is 4.79 Å². The molecular weight excluding hydrogens is 318 g/mol. The van der Waals surface area contributed by atoms with E-state index in [-0.39, 0.29) is 5.91 Å². The van der Waals surface area contributed by atoms with Gasteiger partial charge in [0.15, 0.2) is 0 Å². The average Bonchev–Trinajstić information content (AvgIpc) is 2.84. The molecule has 0 bridgehead atoms. The van der Waals surface area contributed by atoms with Gasteiger partial charge in [0.2, 0.25) is 0 Å². The summed E-state index contributed by atoms with van der Waals surface area (Å²) in [4.78, 5) is 16.6. The fraction of sp³-hybridized carbons (Fsp3) is 0.0625. The fourth-order valence-electron chi connectivity index (χ4n) is 1.99. The summed E-state index contributed by atoms with van der Waals surface area (Å²) in [7, 11) is 0. The SMILES string of the molecule is Cc1ccc2c(Cl)c(C(=O)N/N=C/c3cccnc3)sc2c1. The third-order valence-corrected chi connectivity index (χ3v) is 4.71. The van der Waals surface area contributed by atoms with Gasteiger partial charge in [-0.2, -0.15) is 5.10 Å². The molecule has 110 valence electrons. The minimum atomic E-state index is -0.316. The van der Waals surface area contributed by atoms with Gasteiger partial charge in [0.05, 0.1) is 11.2 Å². The van der Waals surface area contributed by atoms with Crippen molar-refractivity contribution in [3.63, 3.8) is 0 Å². The molecule has 3 rings (SSSR count).